The van der Waals surface area contributed by atoms with Gasteiger partial charge in [-0.1, -0.05) is 6.07 Å². The number of epoxide rings is 1. The summed E-state index contributed by atoms with van der Waals surface area (Å²) >= 11 is 0. The molecule has 0 spiro atoms. The first-order valence-corrected chi connectivity index (χ1v) is 8.45. The summed E-state index contributed by atoms with van der Waals surface area (Å²) in [5, 5.41) is 7.46. The molecule has 1 aliphatic rings. The Morgan fingerprint density at radius 3 is 2.31 bits per heavy atom. The highest BCUT2D eigenvalue weighted by atomic mass is 19.4. The Kier molecular flexibility index (Phi) is 4.30. The van der Waals surface area contributed by atoms with Crippen LogP contribution in [0.3, 0.4) is 0 Å². The van der Waals surface area contributed by atoms with Gasteiger partial charge < -0.3 is 4.74 Å². The molecule has 1 aromatic heterocycles. The SMILES string of the molecule is C[C@@H](n1nnn(-c2ccc(C(F)(F)F)cc2)c1=O)[C@@]1(c2ccc(F)cc2F)CO1. The van der Waals surface area contributed by atoms with E-state index in [0.717, 1.165) is 39.7 Å². The maximum Gasteiger partial charge on any atom is 0.416 e. The first-order valence-electron chi connectivity index (χ1n) is 8.45. The number of hydrogen-bond acceptors (Lipinski definition) is 4. The van der Waals surface area contributed by atoms with Gasteiger partial charge >= 0.3 is 11.9 Å². The van der Waals surface area contributed by atoms with Crippen molar-refractivity contribution in [2.45, 2.75) is 24.7 Å². The van der Waals surface area contributed by atoms with E-state index >= 15 is 0 Å². The minimum atomic E-state index is -4.51. The predicted molar refractivity (Wildman–Crippen MR) is 89.3 cm³/mol. The number of aromatic nitrogens is 4. The number of tetrazole rings is 1. The van der Waals surface area contributed by atoms with E-state index in [1.165, 1.54) is 6.07 Å². The van der Waals surface area contributed by atoms with Crippen molar-refractivity contribution in [2.24, 2.45) is 0 Å². The van der Waals surface area contributed by atoms with Crippen LogP contribution in [-0.2, 0) is 16.5 Å². The highest BCUT2D eigenvalue weighted by molar-refractivity contribution is 5.34. The first kappa shape index (κ1) is 19.2. The predicted octanol–water partition coefficient (Wildman–Crippen LogP) is 3.21. The second-order valence-corrected chi connectivity index (χ2v) is 6.64. The molecule has 2 heterocycles. The average Bonchev–Trinajstić information content (AvgIpc) is 3.37. The van der Waals surface area contributed by atoms with E-state index in [1.54, 1.807) is 6.92 Å². The van der Waals surface area contributed by atoms with Crippen molar-refractivity contribution in [3.05, 3.63) is 75.7 Å². The van der Waals surface area contributed by atoms with Gasteiger partial charge in [-0.05, 0) is 47.7 Å². The van der Waals surface area contributed by atoms with Crippen LogP contribution in [0.25, 0.3) is 5.69 Å². The van der Waals surface area contributed by atoms with Crippen LogP contribution >= 0.6 is 0 Å². The lowest BCUT2D eigenvalue weighted by Gasteiger charge is -2.20. The van der Waals surface area contributed by atoms with Crippen LogP contribution in [-0.4, -0.2) is 26.4 Å². The molecule has 1 aliphatic heterocycles. The molecule has 0 bridgehead atoms. The van der Waals surface area contributed by atoms with Gasteiger partial charge in [0.1, 0.15) is 17.2 Å². The summed E-state index contributed by atoms with van der Waals surface area (Å²) in [4.78, 5) is 12.7. The fourth-order valence-corrected chi connectivity index (χ4v) is 3.18. The maximum absolute atomic E-state index is 14.2. The Bertz CT molecular complexity index is 1120. The molecule has 6 nitrogen and oxygen atoms in total. The van der Waals surface area contributed by atoms with Crippen LogP contribution < -0.4 is 5.69 Å². The van der Waals surface area contributed by atoms with Crippen molar-refractivity contribution >= 4 is 0 Å². The highest BCUT2D eigenvalue weighted by Crippen LogP contribution is 2.48. The molecule has 152 valence electrons. The first-order chi connectivity index (χ1) is 13.6. The van der Waals surface area contributed by atoms with Gasteiger partial charge in [-0.2, -0.15) is 22.5 Å². The lowest BCUT2D eigenvalue weighted by atomic mass is 9.92. The number of rotatable bonds is 4. The Balaban J connectivity index is 1.67. The molecule has 2 atom stereocenters. The van der Waals surface area contributed by atoms with E-state index in [-0.39, 0.29) is 17.9 Å². The Morgan fingerprint density at radius 2 is 1.76 bits per heavy atom. The Hall–Kier alpha value is -3.08. The average molecular weight is 412 g/mol. The fourth-order valence-electron chi connectivity index (χ4n) is 3.18. The van der Waals surface area contributed by atoms with E-state index < -0.39 is 40.7 Å². The normalized spacial score (nSPS) is 19.9. The summed E-state index contributed by atoms with van der Waals surface area (Å²) in [6.45, 7) is 1.64. The zero-order chi connectivity index (χ0) is 21.0. The van der Waals surface area contributed by atoms with Gasteiger partial charge in [0.15, 0.2) is 0 Å². The van der Waals surface area contributed by atoms with Gasteiger partial charge in [0.2, 0.25) is 0 Å². The summed E-state index contributed by atoms with van der Waals surface area (Å²) in [5.41, 5.74) is -2.67. The minimum Gasteiger partial charge on any atom is -0.362 e. The van der Waals surface area contributed by atoms with E-state index in [4.69, 9.17) is 4.74 Å². The summed E-state index contributed by atoms with van der Waals surface area (Å²) in [6, 6.07) is 6.06. The lowest BCUT2D eigenvalue weighted by Crippen LogP contribution is -2.34. The summed E-state index contributed by atoms with van der Waals surface area (Å²) in [5.74, 6) is -1.57. The van der Waals surface area contributed by atoms with Crippen LogP contribution in [0, 0.1) is 11.6 Å². The third kappa shape index (κ3) is 3.20. The molecular formula is C18H13F5N4O2. The molecule has 29 heavy (non-hydrogen) atoms. The molecule has 1 fully saturated rings. The van der Waals surface area contributed by atoms with Crippen molar-refractivity contribution in [3.63, 3.8) is 0 Å². The number of alkyl halides is 3. The van der Waals surface area contributed by atoms with Crippen molar-refractivity contribution in [1.82, 2.24) is 19.8 Å². The Morgan fingerprint density at radius 1 is 1.10 bits per heavy atom. The quantitative estimate of drug-likeness (QED) is 0.488. The van der Waals surface area contributed by atoms with E-state index in [9.17, 15) is 26.7 Å². The van der Waals surface area contributed by atoms with E-state index in [0.29, 0.717) is 6.07 Å². The summed E-state index contributed by atoms with van der Waals surface area (Å²) in [6.07, 6.45) is -4.51. The summed E-state index contributed by atoms with van der Waals surface area (Å²) in [7, 11) is 0. The van der Waals surface area contributed by atoms with Crippen molar-refractivity contribution < 1.29 is 26.7 Å². The highest BCUT2D eigenvalue weighted by Gasteiger charge is 2.54. The van der Waals surface area contributed by atoms with E-state index in [2.05, 4.69) is 10.4 Å². The largest absolute Gasteiger partial charge is 0.416 e. The molecule has 0 N–H and O–H groups in total. The monoisotopic (exact) mass is 412 g/mol. The smallest absolute Gasteiger partial charge is 0.362 e. The van der Waals surface area contributed by atoms with Crippen LogP contribution in [0.1, 0.15) is 24.1 Å². The van der Waals surface area contributed by atoms with E-state index in [1.807, 2.05) is 0 Å². The third-order valence-corrected chi connectivity index (χ3v) is 4.93. The number of ether oxygens (including phenoxy) is 1. The van der Waals surface area contributed by atoms with Crippen LogP contribution in [0.2, 0.25) is 0 Å². The standard InChI is InChI=1S/C18H13F5N4O2/c1-10(17(9-29-17)14-7-4-12(19)8-15(14)20)26-16(28)27(25-24-26)13-5-2-11(3-6-13)18(21,22)23/h2-8,10H,9H2,1H3/t10-,17-/m1/s1. The van der Waals surface area contributed by atoms with Crippen molar-refractivity contribution in [2.75, 3.05) is 6.61 Å². The van der Waals surface area contributed by atoms with Gasteiger partial charge in [-0.15, -0.1) is 0 Å². The molecule has 0 aliphatic carbocycles. The zero-order valence-corrected chi connectivity index (χ0v) is 14.8. The number of nitrogens with zero attached hydrogens (tertiary/aromatic N) is 4. The van der Waals surface area contributed by atoms with Crippen LogP contribution in [0.15, 0.2) is 47.3 Å². The number of halogens is 5. The second kappa shape index (κ2) is 6.48. The molecule has 11 heteroatoms. The van der Waals surface area contributed by atoms with Crippen LogP contribution in [0.5, 0.6) is 0 Å². The molecule has 0 unspecified atom stereocenters. The van der Waals surface area contributed by atoms with Crippen molar-refractivity contribution in [3.8, 4) is 5.69 Å². The van der Waals surface area contributed by atoms with Gasteiger partial charge in [-0.25, -0.2) is 13.6 Å². The molecule has 2 aromatic carbocycles. The topological polar surface area (TPSA) is 65.2 Å². The molecule has 0 saturated carbocycles. The Labute approximate surface area is 160 Å². The molecule has 1 saturated heterocycles. The minimum absolute atomic E-state index is 0.0716. The second-order valence-electron chi connectivity index (χ2n) is 6.64. The molecule has 0 radical (unpaired) electrons. The third-order valence-electron chi connectivity index (χ3n) is 4.93. The molecular weight excluding hydrogens is 399 g/mol. The lowest BCUT2D eigenvalue weighted by molar-refractivity contribution is -0.137. The van der Waals surface area contributed by atoms with Crippen LogP contribution in [0.4, 0.5) is 22.0 Å². The van der Waals surface area contributed by atoms with Gasteiger partial charge in [0, 0.05) is 11.6 Å². The molecule has 4 rings (SSSR count). The van der Waals surface area contributed by atoms with Crippen molar-refractivity contribution in [1.29, 1.82) is 0 Å². The van der Waals surface area contributed by atoms with Gasteiger partial charge in [-0.3, -0.25) is 0 Å². The molecule has 0 amide bonds. The zero-order valence-electron chi connectivity index (χ0n) is 14.8. The molecule has 3 aromatic rings. The van der Waals surface area contributed by atoms with Gasteiger partial charge in [0.25, 0.3) is 0 Å². The summed E-state index contributed by atoms with van der Waals surface area (Å²) < 4.78 is 72.7. The van der Waals surface area contributed by atoms with Gasteiger partial charge in [0.05, 0.1) is 23.9 Å². The maximum atomic E-state index is 14.2. The number of hydrogen-bond donors (Lipinski definition) is 0. The fraction of sp³-hybridized carbons (Fsp3) is 0.278. The number of benzene rings is 2.